The van der Waals surface area contributed by atoms with Gasteiger partial charge in [-0.15, -0.1) is 0 Å². The number of nitriles is 1. The van der Waals surface area contributed by atoms with E-state index in [2.05, 4.69) is 43.2 Å². The number of fused-ring (bicyclic) bond motifs is 1. The molecule has 1 aliphatic rings. The third-order valence-corrected chi connectivity index (χ3v) is 6.86. The van der Waals surface area contributed by atoms with Gasteiger partial charge in [-0.2, -0.15) is 5.26 Å². The van der Waals surface area contributed by atoms with Crippen LogP contribution in [0.4, 0.5) is 0 Å². The number of hydrogen-bond donors (Lipinski definition) is 0. The van der Waals surface area contributed by atoms with Gasteiger partial charge in [0.1, 0.15) is 24.3 Å². The van der Waals surface area contributed by atoms with E-state index in [9.17, 15) is 10.1 Å². The van der Waals surface area contributed by atoms with Gasteiger partial charge < -0.3 is 9.64 Å². The van der Waals surface area contributed by atoms with Gasteiger partial charge >= 0.3 is 11.9 Å². The zero-order chi connectivity index (χ0) is 24.9. The summed E-state index contributed by atoms with van der Waals surface area (Å²) in [6.07, 6.45) is 7.14. The summed E-state index contributed by atoms with van der Waals surface area (Å²) in [4.78, 5) is 22.6. The Kier molecular flexibility index (Phi) is 7.51. The molecule has 6 heteroatoms. The summed E-state index contributed by atoms with van der Waals surface area (Å²) in [6, 6.07) is 12.3. The van der Waals surface area contributed by atoms with Crippen molar-refractivity contribution in [2.45, 2.75) is 71.8 Å². The first-order valence-electron chi connectivity index (χ1n) is 12.5. The second-order valence-corrected chi connectivity index (χ2v) is 9.54. The molecule has 1 aromatic carbocycles. The molecule has 0 aliphatic carbocycles. The molecule has 0 unspecified atom stereocenters. The van der Waals surface area contributed by atoms with Crippen molar-refractivity contribution in [1.82, 2.24) is 9.88 Å². The number of hydrogen-bond acceptors (Lipinski definition) is 4. The Morgan fingerprint density at radius 3 is 2.69 bits per heavy atom. The van der Waals surface area contributed by atoms with E-state index in [1.807, 2.05) is 19.1 Å². The molecule has 0 saturated carbocycles. The zero-order valence-electron chi connectivity index (χ0n) is 21.1. The molecule has 2 aromatic heterocycles. The van der Waals surface area contributed by atoms with Crippen LogP contribution in [-0.4, -0.2) is 28.9 Å². The first-order chi connectivity index (χ1) is 16.9. The minimum absolute atomic E-state index is 0.0827. The summed E-state index contributed by atoms with van der Waals surface area (Å²) in [7, 11) is 0. The summed E-state index contributed by atoms with van der Waals surface area (Å²) in [5.74, 6) is 1.30. The van der Waals surface area contributed by atoms with Gasteiger partial charge in [0.15, 0.2) is 0 Å². The van der Waals surface area contributed by atoms with Crippen molar-refractivity contribution in [3.63, 3.8) is 0 Å². The van der Waals surface area contributed by atoms with Crippen molar-refractivity contribution in [1.29, 1.82) is 5.26 Å². The lowest BCUT2D eigenvalue weighted by Gasteiger charge is -2.35. The highest BCUT2D eigenvalue weighted by Crippen LogP contribution is 2.34. The average molecular weight is 470 g/mol. The molecule has 6 nitrogen and oxygen atoms in total. The Labute approximate surface area is 208 Å². The molecule has 35 heavy (non-hydrogen) atoms. The lowest BCUT2D eigenvalue weighted by Crippen LogP contribution is -2.48. The van der Waals surface area contributed by atoms with Crippen LogP contribution in [0, 0.1) is 24.5 Å². The molecule has 0 N–H and O–H groups in total. The summed E-state index contributed by atoms with van der Waals surface area (Å²) >= 11 is 0. The molecule has 1 fully saturated rings. The molecule has 0 bridgehead atoms. The van der Waals surface area contributed by atoms with Crippen LogP contribution >= 0.6 is 0 Å². The van der Waals surface area contributed by atoms with Crippen LogP contribution in [-0.2, 0) is 11.4 Å². The molecular weight excluding hydrogens is 436 g/mol. The smallest absolute Gasteiger partial charge is 0.365 e. The van der Waals surface area contributed by atoms with Crippen LogP contribution < -0.4 is 9.72 Å². The van der Waals surface area contributed by atoms with E-state index in [-0.39, 0.29) is 11.8 Å². The zero-order valence-corrected chi connectivity index (χ0v) is 21.1. The maximum Gasteiger partial charge on any atom is 0.365 e. The van der Waals surface area contributed by atoms with E-state index in [1.54, 1.807) is 17.9 Å². The van der Waals surface area contributed by atoms with E-state index >= 15 is 0 Å². The number of likely N-dealkylation sites (tertiary alicyclic amines) is 1. The molecule has 0 atom stereocenters. The minimum atomic E-state index is 0.0827. The van der Waals surface area contributed by atoms with Crippen LogP contribution in [0.3, 0.4) is 0 Å². The van der Waals surface area contributed by atoms with Crippen molar-refractivity contribution < 1.29 is 14.5 Å². The summed E-state index contributed by atoms with van der Waals surface area (Å²) in [5.41, 5.74) is 5.37. The Morgan fingerprint density at radius 1 is 1.29 bits per heavy atom. The quantitative estimate of drug-likeness (QED) is 0.439. The highest BCUT2D eigenvalue weighted by Gasteiger charge is 2.39. The number of amides is 1. The van der Waals surface area contributed by atoms with Gasteiger partial charge in [0.05, 0.1) is 11.6 Å². The molecule has 3 heterocycles. The Hall–Kier alpha value is -3.64. The lowest BCUT2D eigenvalue weighted by molar-refractivity contribution is -0.316. The number of carbonyl (C=O) groups is 1. The SMILES string of the molecule is CCCC(CCC)c1cc2c(COc3ccc#[n+]c3C3CN(C(C)=O)C3)cc(C)cc2nc1C#N. The summed E-state index contributed by atoms with van der Waals surface area (Å²) < 4.78 is 6.31. The molecule has 180 valence electrons. The van der Waals surface area contributed by atoms with Gasteiger partial charge in [-0.05, 0) is 59.5 Å². The Bertz CT molecular complexity index is 1250. The predicted octanol–water partition coefficient (Wildman–Crippen LogP) is 5.02. The van der Waals surface area contributed by atoms with Crippen molar-refractivity contribution in [3.05, 3.63) is 64.6 Å². The minimum Gasteiger partial charge on any atom is -0.481 e. The molecule has 4 rings (SSSR count). The molecule has 3 aromatic rings. The normalized spacial score (nSPS) is 13.4. The van der Waals surface area contributed by atoms with Crippen LogP contribution in [0.1, 0.15) is 86.4 Å². The number of benzene rings is 1. The maximum atomic E-state index is 11.6. The fourth-order valence-electron chi connectivity index (χ4n) is 5.03. The van der Waals surface area contributed by atoms with Crippen molar-refractivity contribution in [3.8, 4) is 11.8 Å². The van der Waals surface area contributed by atoms with Gasteiger partial charge in [0, 0.05) is 31.5 Å². The Balaban J connectivity index is 1.66. The van der Waals surface area contributed by atoms with Gasteiger partial charge in [0.2, 0.25) is 11.7 Å². The number of rotatable bonds is 9. The largest absolute Gasteiger partial charge is 0.481 e. The molecule has 1 saturated heterocycles. The highest BCUT2D eigenvalue weighted by atomic mass is 16.5. The third kappa shape index (κ3) is 5.23. The second kappa shape index (κ2) is 10.7. The van der Waals surface area contributed by atoms with E-state index in [1.165, 1.54) is 0 Å². The maximum absolute atomic E-state index is 11.6. The van der Waals surface area contributed by atoms with E-state index < -0.39 is 0 Å². The number of aromatic nitrogens is 2. The second-order valence-electron chi connectivity index (χ2n) is 9.54. The van der Waals surface area contributed by atoms with E-state index in [4.69, 9.17) is 9.72 Å². The summed E-state index contributed by atoms with van der Waals surface area (Å²) in [6.45, 7) is 9.69. The Morgan fingerprint density at radius 2 is 2.03 bits per heavy atom. The average Bonchev–Trinajstić information content (AvgIpc) is 2.81. The number of carbonyl (C=O) groups excluding carboxylic acids is 1. The van der Waals surface area contributed by atoms with Crippen LogP contribution in [0.5, 0.6) is 5.75 Å². The van der Waals surface area contributed by atoms with Gasteiger partial charge in [-0.1, -0.05) is 32.8 Å². The fourth-order valence-corrected chi connectivity index (χ4v) is 5.03. The van der Waals surface area contributed by atoms with Crippen molar-refractivity contribution in [2.24, 2.45) is 0 Å². The lowest BCUT2D eigenvalue weighted by atomic mass is 9.88. The number of pyridine rings is 1. The van der Waals surface area contributed by atoms with E-state index in [0.29, 0.717) is 31.3 Å². The first-order valence-corrected chi connectivity index (χ1v) is 12.5. The van der Waals surface area contributed by atoms with Crippen molar-refractivity contribution >= 4 is 16.8 Å². The first kappa shape index (κ1) is 24.5. The number of aryl methyl sites for hydroxylation is 1. The van der Waals surface area contributed by atoms with Crippen LogP contribution in [0.15, 0.2) is 30.3 Å². The standard InChI is InChI=1S/C29H33N4O2/c1-5-8-21(9-6-2)24-14-25-22(12-19(3)13-26(25)32-27(24)15-30)18-35-28-10-7-11-31-29(28)23-16-33(17-23)20(4)34/h7,10,12-14,21,23H,5-6,8-9,16-18H2,1-4H3/q+1. The van der Waals surface area contributed by atoms with Gasteiger partial charge in [-0.25, -0.2) is 4.98 Å². The fraction of sp³-hybridized carbons (Fsp3) is 0.448. The van der Waals surface area contributed by atoms with Crippen LogP contribution in [0.2, 0.25) is 0 Å². The van der Waals surface area contributed by atoms with Crippen LogP contribution in [0.25, 0.3) is 10.9 Å². The highest BCUT2D eigenvalue weighted by molar-refractivity contribution is 5.84. The number of ether oxygens (including phenoxy) is 1. The molecule has 0 radical (unpaired) electrons. The topological polar surface area (TPSA) is 80.3 Å². The van der Waals surface area contributed by atoms with Gasteiger partial charge in [-0.3, -0.25) is 4.79 Å². The van der Waals surface area contributed by atoms with Crippen molar-refractivity contribution in [2.75, 3.05) is 13.1 Å². The number of nitrogens with zero attached hydrogens (tertiary/aromatic N) is 4. The molecule has 1 aliphatic heterocycles. The molecule has 0 spiro atoms. The summed E-state index contributed by atoms with van der Waals surface area (Å²) in [5, 5.41) is 10.9. The molecular formula is C29H33N4O2+. The van der Waals surface area contributed by atoms with Gasteiger partial charge in [0.25, 0.3) is 0 Å². The predicted molar refractivity (Wildman–Crippen MR) is 134 cm³/mol. The van der Waals surface area contributed by atoms with E-state index in [0.717, 1.165) is 64.7 Å². The molecule has 1 amide bonds. The third-order valence-electron chi connectivity index (χ3n) is 6.86. The monoisotopic (exact) mass is 469 g/mol.